The fraction of sp³-hybridized carbons (Fsp3) is 0.429. The lowest BCUT2D eigenvalue weighted by molar-refractivity contribution is 0.159. The second-order valence-corrected chi connectivity index (χ2v) is 9.59. The number of aryl methyl sites for hydroxylation is 1. The van der Waals surface area contributed by atoms with Gasteiger partial charge in [-0.05, 0) is 44.2 Å². The highest BCUT2D eigenvalue weighted by atomic mass is 15.3. The van der Waals surface area contributed by atoms with Crippen LogP contribution >= 0.6 is 0 Å². The maximum absolute atomic E-state index is 5.11. The number of hydrogen-bond acceptors (Lipinski definition) is 5. The summed E-state index contributed by atoms with van der Waals surface area (Å²) in [5, 5.41) is 0. The highest BCUT2D eigenvalue weighted by Gasteiger charge is 2.30. The summed E-state index contributed by atoms with van der Waals surface area (Å²) in [6.45, 7) is 6.72. The van der Waals surface area contributed by atoms with Gasteiger partial charge in [0.15, 0.2) is 5.82 Å². The lowest BCUT2D eigenvalue weighted by atomic mass is 10.0. The Kier molecular flexibility index (Phi) is 5.73. The number of fused-ring (bicyclic) bond motifs is 1. The number of benzene rings is 2. The Morgan fingerprint density at radius 2 is 1.36 bits per heavy atom. The summed E-state index contributed by atoms with van der Waals surface area (Å²) in [6.07, 6.45) is 5.93. The number of aromatic nitrogens is 2. The van der Waals surface area contributed by atoms with Crippen LogP contribution in [-0.4, -0.2) is 60.2 Å². The normalized spacial score (nSPS) is 19.6. The lowest BCUT2D eigenvalue weighted by Gasteiger charge is -2.43. The van der Waals surface area contributed by atoms with E-state index in [-0.39, 0.29) is 0 Å². The van der Waals surface area contributed by atoms with Crippen LogP contribution in [0.15, 0.2) is 60.7 Å². The summed E-state index contributed by atoms with van der Waals surface area (Å²) in [5.41, 5.74) is 5.17. The first-order valence-corrected chi connectivity index (χ1v) is 12.6. The molecule has 0 amide bonds. The molecule has 1 aromatic heterocycles. The third-order valence-electron chi connectivity index (χ3n) is 7.66. The zero-order valence-electron chi connectivity index (χ0n) is 19.4. The minimum atomic E-state index is 0.711. The number of hydrogen-bond donors (Lipinski definition) is 0. The minimum Gasteiger partial charge on any atom is -0.371 e. The fourth-order valence-corrected chi connectivity index (χ4v) is 5.82. The van der Waals surface area contributed by atoms with Gasteiger partial charge in [0, 0.05) is 67.8 Å². The molecule has 0 atom stereocenters. The molecule has 170 valence electrons. The molecule has 2 saturated heterocycles. The molecule has 5 heteroatoms. The monoisotopic (exact) mass is 439 g/mol. The van der Waals surface area contributed by atoms with Crippen molar-refractivity contribution in [1.82, 2.24) is 14.9 Å². The van der Waals surface area contributed by atoms with Crippen molar-refractivity contribution in [2.45, 2.75) is 38.1 Å². The minimum absolute atomic E-state index is 0.711. The van der Waals surface area contributed by atoms with Crippen molar-refractivity contribution in [3.05, 3.63) is 71.9 Å². The van der Waals surface area contributed by atoms with E-state index in [1.807, 2.05) is 0 Å². The largest absolute Gasteiger partial charge is 0.371 e. The van der Waals surface area contributed by atoms with Gasteiger partial charge in [-0.25, -0.2) is 9.97 Å². The van der Waals surface area contributed by atoms with Crippen LogP contribution in [0.4, 0.5) is 11.5 Å². The van der Waals surface area contributed by atoms with Crippen molar-refractivity contribution in [2.24, 2.45) is 0 Å². The standard InChI is InChI=1S/C28H33N5/c1-3-8-22(9-4-1)27-29-26-13-7-12-25(26)28(30-27)33-20-18-32(19-21-33)24-14-16-31(17-15-24)23-10-5-2-6-11-23/h1-6,8-11,24H,7,12-21H2. The number of piperazine rings is 1. The first kappa shape index (κ1) is 20.7. The van der Waals surface area contributed by atoms with Gasteiger partial charge >= 0.3 is 0 Å². The highest BCUT2D eigenvalue weighted by molar-refractivity contribution is 5.61. The molecule has 0 N–H and O–H groups in total. The van der Waals surface area contributed by atoms with E-state index in [0.717, 1.165) is 63.5 Å². The van der Waals surface area contributed by atoms with E-state index in [1.165, 1.54) is 42.0 Å². The molecule has 3 aromatic rings. The predicted molar refractivity (Wildman–Crippen MR) is 135 cm³/mol. The van der Waals surface area contributed by atoms with Crippen LogP contribution in [0.25, 0.3) is 11.4 Å². The van der Waals surface area contributed by atoms with Gasteiger partial charge in [-0.15, -0.1) is 0 Å². The van der Waals surface area contributed by atoms with Gasteiger partial charge in [0.25, 0.3) is 0 Å². The van der Waals surface area contributed by atoms with E-state index >= 15 is 0 Å². The van der Waals surface area contributed by atoms with E-state index in [1.54, 1.807) is 0 Å². The van der Waals surface area contributed by atoms with Gasteiger partial charge < -0.3 is 9.80 Å². The molecule has 0 bridgehead atoms. The number of rotatable bonds is 4. The zero-order chi connectivity index (χ0) is 22.0. The first-order valence-electron chi connectivity index (χ1n) is 12.6. The van der Waals surface area contributed by atoms with Crippen LogP contribution in [-0.2, 0) is 12.8 Å². The van der Waals surface area contributed by atoms with Crippen molar-refractivity contribution in [1.29, 1.82) is 0 Å². The molecule has 5 nitrogen and oxygen atoms in total. The molecule has 2 fully saturated rings. The molecular weight excluding hydrogens is 406 g/mol. The molecule has 3 aliphatic rings. The van der Waals surface area contributed by atoms with E-state index in [4.69, 9.17) is 9.97 Å². The summed E-state index contributed by atoms with van der Waals surface area (Å²) >= 11 is 0. The van der Waals surface area contributed by atoms with Crippen molar-refractivity contribution in [3.63, 3.8) is 0 Å². The van der Waals surface area contributed by atoms with Crippen LogP contribution in [0.5, 0.6) is 0 Å². The second-order valence-electron chi connectivity index (χ2n) is 9.59. The second kappa shape index (κ2) is 9.14. The van der Waals surface area contributed by atoms with Crippen molar-refractivity contribution in [3.8, 4) is 11.4 Å². The molecule has 2 aromatic carbocycles. The number of anilines is 2. The van der Waals surface area contributed by atoms with Gasteiger partial charge in [0.2, 0.25) is 0 Å². The average molecular weight is 440 g/mol. The van der Waals surface area contributed by atoms with Gasteiger partial charge in [-0.2, -0.15) is 0 Å². The summed E-state index contributed by atoms with van der Waals surface area (Å²) in [5.74, 6) is 2.09. The van der Waals surface area contributed by atoms with E-state index in [0.29, 0.717) is 6.04 Å². The Hall–Kier alpha value is -2.92. The third-order valence-corrected chi connectivity index (χ3v) is 7.66. The lowest BCUT2D eigenvalue weighted by Crippen LogP contribution is -2.53. The molecule has 0 saturated carbocycles. The maximum atomic E-state index is 5.11. The molecule has 0 radical (unpaired) electrons. The number of nitrogens with zero attached hydrogens (tertiary/aromatic N) is 5. The SMILES string of the molecule is c1ccc(-c2nc3c(c(N4CCN(C5CCN(c6ccccc6)CC5)CC4)n2)CCC3)cc1. The summed E-state index contributed by atoms with van der Waals surface area (Å²) in [6, 6.07) is 22.0. The summed E-state index contributed by atoms with van der Waals surface area (Å²) in [7, 11) is 0. The predicted octanol–water partition coefficient (Wildman–Crippen LogP) is 4.42. The Labute approximate surface area is 197 Å². The number of piperidine rings is 1. The summed E-state index contributed by atoms with van der Waals surface area (Å²) < 4.78 is 0. The number of para-hydroxylation sites is 1. The third kappa shape index (κ3) is 4.22. The quantitative estimate of drug-likeness (QED) is 0.601. The zero-order valence-corrected chi connectivity index (χ0v) is 19.4. The smallest absolute Gasteiger partial charge is 0.161 e. The van der Waals surface area contributed by atoms with Crippen molar-refractivity contribution in [2.75, 3.05) is 49.1 Å². The highest BCUT2D eigenvalue weighted by Crippen LogP contribution is 2.32. The van der Waals surface area contributed by atoms with Crippen molar-refractivity contribution >= 4 is 11.5 Å². The van der Waals surface area contributed by atoms with Gasteiger partial charge in [0.1, 0.15) is 5.82 Å². The Balaban J connectivity index is 1.12. The van der Waals surface area contributed by atoms with E-state index in [2.05, 4.69) is 75.4 Å². The molecule has 6 rings (SSSR count). The Morgan fingerprint density at radius 3 is 2.09 bits per heavy atom. The fourth-order valence-electron chi connectivity index (χ4n) is 5.82. The molecule has 0 spiro atoms. The van der Waals surface area contributed by atoms with Crippen LogP contribution in [0.1, 0.15) is 30.5 Å². The molecule has 0 unspecified atom stereocenters. The first-order chi connectivity index (χ1) is 16.3. The topological polar surface area (TPSA) is 35.5 Å². The molecule has 33 heavy (non-hydrogen) atoms. The van der Waals surface area contributed by atoms with E-state index < -0.39 is 0 Å². The average Bonchev–Trinajstić information content (AvgIpc) is 3.38. The van der Waals surface area contributed by atoms with Gasteiger partial charge in [-0.1, -0.05) is 48.5 Å². The van der Waals surface area contributed by atoms with Gasteiger partial charge in [0.05, 0.1) is 0 Å². The Bertz CT molecular complexity index is 1070. The van der Waals surface area contributed by atoms with Crippen LogP contribution in [0.2, 0.25) is 0 Å². The maximum Gasteiger partial charge on any atom is 0.161 e. The van der Waals surface area contributed by atoms with Gasteiger partial charge in [-0.3, -0.25) is 4.90 Å². The van der Waals surface area contributed by atoms with Crippen LogP contribution < -0.4 is 9.80 Å². The Morgan fingerprint density at radius 1 is 0.667 bits per heavy atom. The molecular formula is C28H33N5. The van der Waals surface area contributed by atoms with Crippen LogP contribution in [0.3, 0.4) is 0 Å². The van der Waals surface area contributed by atoms with Crippen LogP contribution in [0, 0.1) is 0 Å². The molecule has 2 aliphatic heterocycles. The van der Waals surface area contributed by atoms with E-state index in [9.17, 15) is 0 Å². The molecule has 3 heterocycles. The molecule has 1 aliphatic carbocycles. The van der Waals surface area contributed by atoms with Crippen molar-refractivity contribution < 1.29 is 0 Å². The summed E-state index contributed by atoms with van der Waals surface area (Å²) in [4.78, 5) is 17.9.